The van der Waals surface area contributed by atoms with Crippen molar-refractivity contribution in [3.8, 4) is 5.75 Å². The van der Waals surface area contributed by atoms with E-state index < -0.39 is 0 Å². The second-order valence-electron chi connectivity index (χ2n) is 2.31. The molecule has 13 heavy (non-hydrogen) atoms. The molecule has 0 atom stereocenters. The van der Waals surface area contributed by atoms with Gasteiger partial charge in [-0.3, -0.25) is 0 Å². The van der Waals surface area contributed by atoms with E-state index in [1.165, 1.54) is 10.7 Å². The van der Waals surface area contributed by atoms with E-state index in [1.807, 2.05) is 30.3 Å². The predicted octanol–water partition coefficient (Wildman–Crippen LogP) is 2.86. The number of ether oxygens (including phenoxy) is 1. The van der Waals surface area contributed by atoms with E-state index in [2.05, 4.69) is 6.08 Å². The summed E-state index contributed by atoms with van der Waals surface area (Å²) in [7, 11) is 0. The van der Waals surface area contributed by atoms with Crippen LogP contribution in [-0.4, -0.2) is 6.61 Å². The molecule has 0 radical (unpaired) electrons. The predicted molar refractivity (Wildman–Crippen MR) is 44.3 cm³/mol. The Balaban J connectivity index is 0.000000251. The Hall–Kier alpha value is -1.42. The lowest BCUT2D eigenvalue weighted by Gasteiger charge is -2.10. The van der Waals surface area contributed by atoms with E-state index in [0.717, 1.165) is 5.75 Å². The third-order valence-corrected chi connectivity index (χ3v) is 1.55. The second-order valence-corrected chi connectivity index (χ2v) is 2.31. The van der Waals surface area contributed by atoms with Gasteiger partial charge in [-0.1, -0.05) is 24.3 Å². The Morgan fingerprint density at radius 2 is 1.92 bits per heavy atom. The first-order chi connectivity index (χ1) is 6.38. The fourth-order valence-electron chi connectivity index (χ4n) is 1.06. The van der Waals surface area contributed by atoms with Crippen LogP contribution in [0, 0.1) is 0 Å². The Labute approximate surface area is 74.2 Å². The minimum absolute atomic E-state index is 0.705. The topological polar surface area (TPSA) is 18.5 Å². The zero-order valence-corrected chi connectivity index (χ0v) is 6.74. The van der Waals surface area contributed by atoms with Gasteiger partial charge >= 0.3 is 0 Å². The summed E-state index contributed by atoms with van der Waals surface area (Å²) in [6.45, 7) is 0.705. The van der Waals surface area contributed by atoms with Crippen LogP contribution in [0.2, 0.25) is 0 Å². The van der Waals surface area contributed by atoms with Gasteiger partial charge in [-0.05, 0) is 21.2 Å². The van der Waals surface area contributed by atoms with Crippen LogP contribution in [0.1, 0.15) is 5.56 Å². The third-order valence-electron chi connectivity index (χ3n) is 1.55. The molecule has 1 aliphatic heterocycles. The van der Waals surface area contributed by atoms with Crippen molar-refractivity contribution in [2.45, 2.75) is 0 Å². The molecular formula is C9H8F2O2. The molecule has 1 aliphatic rings. The van der Waals surface area contributed by atoms with E-state index in [1.54, 1.807) is 0 Å². The third kappa shape index (κ3) is 2.83. The molecule has 0 amide bonds. The summed E-state index contributed by atoms with van der Waals surface area (Å²) >= 11 is 0. The highest BCUT2D eigenvalue weighted by molar-refractivity contribution is 5.58. The fraction of sp³-hybridized carbons (Fsp3) is 0.111. The highest BCUT2D eigenvalue weighted by atomic mass is 19.6. The summed E-state index contributed by atoms with van der Waals surface area (Å²) in [6, 6.07) is 8.03. The average Bonchev–Trinajstić information content (AvgIpc) is 2.19. The lowest BCUT2D eigenvalue weighted by Crippen LogP contribution is -1.98. The van der Waals surface area contributed by atoms with Gasteiger partial charge in [-0.2, -0.15) is 0 Å². The Morgan fingerprint density at radius 3 is 2.62 bits per heavy atom. The first-order valence-electron chi connectivity index (χ1n) is 3.66. The summed E-state index contributed by atoms with van der Waals surface area (Å²) < 4.78 is 23.6. The van der Waals surface area contributed by atoms with Gasteiger partial charge in [-0.25, -0.2) is 0 Å². The van der Waals surface area contributed by atoms with Crippen molar-refractivity contribution in [2.24, 2.45) is 0 Å². The van der Waals surface area contributed by atoms with Crippen LogP contribution in [0.4, 0.5) is 9.05 Å². The summed E-state index contributed by atoms with van der Waals surface area (Å²) in [6.07, 6.45) is 4.10. The standard InChI is InChI=1S/C9H8O.F2O/c1-2-6-9-8(4-1)5-3-7-10-9;1-3-2/h1-6H,7H2;. The highest BCUT2D eigenvalue weighted by Crippen LogP contribution is 2.21. The Morgan fingerprint density at radius 1 is 1.23 bits per heavy atom. The van der Waals surface area contributed by atoms with Crippen LogP contribution in [-0.2, 0) is 5.15 Å². The molecule has 0 spiro atoms. The van der Waals surface area contributed by atoms with E-state index in [-0.39, 0.29) is 0 Å². The largest absolute Gasteiger partial charge is 0.489 e. The lowest BCUT2D eigenvalue weighted by molar-refractivity contribution is -0.317. The molecule has 1 aromatic rings. The number of halogens is 2. The molecule has 4 heteroatoms. The zero-order valence-electron chi connectivity index (χ0n) is 6.74. The van der Waals surface area contributed by atoms with Gasteiger partial charge < -0.3 is 4.74 Å². The molecule has 0 aliphatic carbocycles. The van der Waals surface area contributed by atoms with Crippen LogP contribution in [0.3, 0.4) is 0 Å². The first kappa shape index (κ1) is 9.67. The van der Waals surface area contributed by atoms with E-state index >= 15 is 0 Å². The van der Waals surface area contributed by atoms with Gasteiger partial charge in [0.15, 0.2) is 0 Å². The molecule has 0 aromatic heterocycles. The first-order valence-corrected chi connectivity index (χ1v) is 3.66. The molecular weight excluding hydrogens is 178 g/mol. The maximum absolute atomic E-state index is 9.12. The van der Waals surface area contributed by atoms with Crippen molar-refractivity contribution in [2.75, 3.05) is 6.61 Å². The molecule has 0 saturated heterocycles. The molecule has 0 unspecified atom stereocenters. The van der Waals surface area contributed by atoms with Crippen molar-refractivity contribution in [1.82, 2.24) is 0 Å². The maximum Gasteiger partial charge on any atom is 0.126 e. The smallest absolute Gasteiger partial charge is 0.126 e. The number of hydrogen-bond acceptors (Lipinski definition) is 2. The van der Waals surface area contributed by atoms with Crippen molar-refractivity contribution >= 4 is 6.08 Å². The quantitative estimate of drug-likeness (QED) is 0.620. The monoisotopic (exact) mass is 186 g/mol. The maximum atomic E-state index is 9.12. The van der Waals surface area contributed by atoms with Gasteiger partial charge in [0.05, 0.1) is 0 Å². The molecule has 2 nitrogen and oxygen atoms in total. The van der Waals surface area contributed by atoms with Gasteiger partial charge in [0.1, 0.15) is 12.4 Å². The van der Waals surface area contributed by atoms with E-state index in [0.29, 0.717) is 6.61 Å². The Bertz CT molecular complexity index is 287. The number of hydrogen-bond donors (Lipinski definition) is 0. The number of benzene rings is 1. The van der Waals surface area contributed by atoms with Gasteiger partial charge in [0, 0.05) is 10.7 Å². The van der Waals surface area contributed by atoms with Gasteiger partial charge in [-0.15, -0.1) is 0 Å². The lowest BCUT2D eigenvalue weighted by atomic mass is 10.1. The molecule has 0 bridgehead atoms. The summed E-state index contributed by atoms with van der Waals surface area (Å²) in [5.41, 5.74) is 1.17. The number of fused-ring (bicyclic) bond motifs is 1. The number of rotatable bonds is 0. The van der Waals surface area contributed by atoms with E-state index in [9.17, 15) is 0 Å². The van der Waals surface area contributed by atoms with Crippen LogP contribution < -0.4 is 4.74 Å². The van der Waals surface area contributed by atoms with Crippen molar-refractivity contribution in [3.05, 3.63) is 35.9 Å². The molecule has 2 rings (SSSR count). The van der Waals surface area contributed by atoms with E-state index in [4.69, 9.17) is 13.8 Å². The Kier molecular flexibility index (Phi) is 3.92. The summed E-state index contributed by atoms with van der Waals surface area (Å²) in [5, 5.41) is 1.25. The van der Waals surface area contributed by atoms with Crippen LogP contribution in [0.15, 0.2) is 30.3 Å². The SMILES string of the molecule is C1=Cc2ccccc2OC1.FOF. The minimum Gasteiger partial charge on any atom is -0.489 e. The molecule has 0 saturated carbocycles. The highest BCUT2D eigenvalue weighted by Gasteiger charge is 2.01. The average molecular weight is 186 g/mol. The fourth-order valence-corrected chi connectivity index (χ4v) is 1.06. The van der Waals surface area contributed by atoms with Crippen LogP contribution in [0.25, 0.3) is 6.08 Å². The van der Waals surface area contributed by atoms with Crippen LogP contribution in [0.5, 0.6) is 5.75 Å². The molecule has 1 heterocycles. The molecule has 0 fully saturated rings. The van der Waals surface area contributed by atoms with Crippen molar-refractivity contribution in [1.29, 1.82) is 0 Å². The van der Waals surface area contributed by atoms with Gasteiger partial charge in [0.25, 0.3) is 0 Å². The minimum atomic E-state index is 0.705. The molecule has 1 aromatic carbocycles. The molecule has 0 N–H and O–H groups in total. The molecule has 70 valence electrons. The zero-order chi connectivity index (χ0) is 9.52. The second kappa shape index (κ2) is 5.27. The van der Waals surface area contributed by atoms with Crippen LogP contribution >= 0.6 is 0 Å². The van der Waals surface area contributed by atoms with Crippen molar-refractivity contribution < 1.29 is 18.9 Å². The van der Waals surface area contributed by atoms with Crippen molar-refractivity contribution in [3.63, 3.8) is 0 Å². The van der Waals surface area contributed by atoms with Gasteiger partial charge in [0.2, 0.25) is 0 Å². The normalized spacial score (nSPS) is 12.2. The number of para-hydroxylation sites is 1. The summed E-state index contributed by atoms with van der Waals surface area (Å²) in [4.78, 5) is 0. The summed E-state index contributed by atoms with van der Waals surface area (Å²) in [5.74, 6) is 0.991.